The number of amides is 1. The van der Waals surface area contributed by atoms with E-state index in [1.165, 1.54) is 10.6 Å². The van der Waals surface area contributed by atoms with Crippen molar-refractivity contribution in [3.05, 3.63) is 94.5 Å². The molecule has 0 aliphatic rings. The molecule has 34 heavy (non-hydrogen) atoms. The molecule has 180 valence electrons. The van der Waals surface area contributed by atoms with Crippen LogP contribution in [0.3, 0.4) is 0 Å². The normalized spacial score (nSPS) is 12.1. The third-order valence-corrected chi connectivity index (χ3v) is 6.70. The van der Waals surface area contributed by atoms with Crippen LogP contribution in [0.5, 0.6) is 5.75 Å². The number of nitrogens with zero attached hydrogens (tertiary/aromatic N) is 1. The van der Waals surface area contributed by atoms with E-state index in [4.69, 9.17) is 4.74 Å². The number of ether oxygens (including phenoxy) is 1. The summed E-state index contributed by atoms with van der Waals surface area (Å²) in [5.41, 5.74) is 4.81. The molecule has 6 nitrogen and oxygen atoms in total. The maximum absolute atomic E-state index is 12.7. The zero-order valence-corrected chi connectivity index (χ0v) is 21.1. The van der Waals surface area contributed by atoms with Crippen molar-refractivity contribution in [1.82, 2.24) is 5.32 Å². The van der Waals surface area contributed by atoms with Crippen LogP contribution >= 0.6 is 0 Å². The van der Waals surface area contributed by atoms with Crippen LogP contribution in [0.4, 0.5) is 5.69 Å². The van der Waals surface area contributed by atoms with Gasteiger partial charge in [0.25, 0.3) is 5.91 Å². The van der Waals surface area contributed by atoms with Crippen molar-refractivity contribution in [2.24, 2.45) is 0 Å². The first-order chi connectivity index (χ1) is 16.1. The summed E-state index contributed by atoms with van der Waals surface area (Å²) in [4.78, 5) is 12.7. The quantitative estimate of drug-likeness (QED) is 0.478. The first-order valence-corrected chi connectivity index (χ1v) is 13.0. The monoisotopic (exact) mass is 480 g/mol. The van der Waals surface area contributed by atoms with Crippen LogP contribution in [0.15, 0.2) is 66.7 Å². The Morgan fingerprint density at radius 2 is 1.50 bits per heavy atom. The zero-order chi connectivity index (χ0) is 24.9. The molecule has 3 aromatic carbocycles. The highest BCUT2D eigenvalue weighted by atomic mass is 32.2. The number of anilines is 1. The lowest BCUT2D eigenvalue weighted by Gasteiger charge is -2.26. The number of sulfonamides is 1. The number of aryl methyl sites for hydroxylation is 3. The zero-order valence-electron chi connectivity index (χ0n) is 20.3. The molecule has 3 aromatic rings. The van der Waals surface area contributed by atoms with Gasteiger partial charge < -0.3 is 10.1 Å². The summed E-state index contributed by atoms with van der Waals surface area (Å²) in [6.07, 6.45) is 1.21. The Balaban J connectivity index is 1.66. The van der Waals surface area contributed by atoms with E-state index in [1.54, 1.807) is 24.3 Å². The second-order valence-corrected chi connectivity index (χ2v) is 10.6. The van der Waals surface area contributed by atoms with Gasteiger partial charge in [-0.15, -0.1) is 0 Å². The number of benzene rings is 3. The van der Waals surface area contributed by atoms with Crippen LogP contribution in [-0.4, -0.2) is 33.2 Å². The second-order valence-electron chi connectivity index (χ2n) is 8.66. The molecule has 0 heterocycles. The first-order valence-electron chi connectivity index (χ1n) is 11.2. The van der Waals surface area contributed by atoms with Crippen molar-refractivity contribution in [3.63, 3.8) is 0 Å². The lowest BCUT2D eigenvalue weighted by molar-refractivity contribution is 0.0926. The molecule has 1 unspecified atom stereocenters. The summed E-state index contributed by atoms with van der Waals surface area (Å²) >= 11 is 0. The van der Waals surface area contributed by atoms with E-state index < -0.39 is 10.0 Å². The van der Waals surface area contributed by atoms with Gasteiger partial charge in [0.05, 0.1) is 24.5 Å². The molecule has 1 atom stereocenters. The first kappa shape index (κ1) is 25.3. The molecule has 0 radical (unpaired) electrons. The van der Waals surface area contributed by atoms with Crippen molar-refractivity contribution < 1.29 is 17.9 Å². The van der Waals surface area contributed by atoms with E-state index in [0.29, 0.717) is 17.9 Å². The van der Waals surface area contributed by atoms with E-state index in [1.807, 2.05) is 70.2 Å². The van der Waals surface area contributed by atoms with Gasteiger partial charge in [0.2, 0.25) is 10.0 Å². The highest BCUT2D eigenvalue weighted by molar-refractivity contribution is 7.92. The molecule has 3 rings (SSSR count). The molecule has 0 aromatic heterocycles. The van der Waals surface area contributed by atoms with Gasteiger partial charge in [0, 0.05) is 5.56 Å². The average molecular weight is 481 g/mol. The van der Waals surface area contributed by atoms with Gasteiger partial charge in [-0.2, -0.15) is 0 Å². The standard InChI is InChI=1S/C27H32N2O4S/c1-19-9-6-7-12-25(19)33-18-22(4)28-27(30)24-15-13-23(14-16-24)17-29(34(5,31)32)26-20(2)10-8-11-21(26)3/h6-16,22H,17-18H2,1-5H3,(H,28,30). The van der Waals surface area contributed by atoms with Crippen molar-refractivity contribution >= 4 is 21.6 Å². The van der Waals surface area contributed by atoms with Gasteiger partial charge in [-0.05, 0) is 68.1 Å². The lowest BCUT2D eigenvalue weighted by Crippen LogP contribution is -2.36. The highest BCUT2D eigenvalue weighted by Gasteiger charge is 2.21. The molecule has 0 spiro atoms. The van der Waals surface area contributed by atoms with E-state index in [2.05, 4.69) is 5.32 Å². The van der Waals surface area contributed by atoms with Crippen LogP contribution < -0.4 is 14.4 Å². The van der Waals surface area contributed by atoms with Crippen LogP contribution in [-0.2, 0) is 16.6 Å². The average Bonchev–Trinajstić information content (AvgIpc) is 2.77. The molecule has 0 bridgehead atoms. The van der Waals surface area contributed by atoms with Crippen LogP contribution in [0, 0.1) is 20.8 Å². The van der Waals surface area contributed by atoms with Crippen molar-refractivity contribution in [3.8, 4) is 5.75 Å². The fourth-order valence-corrected chi connectivity index (χ4v) is 4.77. The van der Waals surface area contributed by atoms with Gasteiger partial charge in [0.1, 0.15) is 12.4 Å². The third-order valence-electron chi connectivity index (χ3n) is 5.59. The number of rotatable bonds is 9. The number of para-hydroxylation sites is 2. The second kappa shape index (κ2) is 10.7. The predicted octanol–water partition coefficient (Wildman–Crippen LogP) is 4.78. The van der Waals surface area contributed by atoms with Crippen molar-refractivity contribution in [1.29, 1.82) is 0 Å². The van der Waals surface area contributed by atoms with Gasteiger partial charge in [0.15, 0.2) is 0 Å². The smallest absolute Gasteiger partial charge is 0.251 e. The van der Waals surface area contributed by atoms with Gasteiger partial charge >= 0.3 is 0 Å². The Hall–Kier alpha value is -3.32. The Morgan fingerprint density at radius 1 is 0.912 bits per heavy atom. The van der Waals surface area contributed by atoms with E-state index in [-0.39, 0.29) is 18.5 Å². The lowest BCUT2D eigenvalue weighted by atomic mass is 10.1. The summed E-state index contributed by atoms with van der Waals surface area (Å²) < 4.78 is 32.4. The largest absolute Gasteiger partial charge is 0.491 e. The number of carbonyl (C=O) groups excluding carboxylic acids is 1. The number of hydrogen-bond acceptors (Lipinski definition) is 4. The molecule has 7 heteroatoms. The summed E-state index contributed by atoms with van der Waals surface area (Å²) in [6, 6.07) is 20.3. The Bertz CT molecular complexity index is 1230. The fraction of sp³-hybridized carbons (Fsp3) is 0.296. The molecule has 1 amide bonds. The van der Waals surface area contributed by atoms with E-state index in [0.717, 1.165) is 28.0 Å². The molecular weight excluding hydrogens is 448 g/mol. The summed E-state index contributed by atoms with van der Waals surface area (Å²) in [5.74, 6) is 0.592. The number of nitrogens with one attached hydrogen (secondary N) is 1. The highest BCUT2D eigenvalue weighted by Crippen LogP contribution is 2.28. The molecule has 0 saturated heterocycles. The van der Waals surface area contributed by atoms with E-state index in [9.17, 15) is 13.2 Å². The van der Waals surface area contributed by atoms with Gasteiger partial charge in [-0.1, -0.05) is 48.5 Å². The topological polar surface area (TPSA) is 75.7 Å². The third kappa shape index (κ3) is 6.38. The maximum Gasteiger partial charge on any atom is 0.251 e. The molecule has 0 fully saturated rings. The summed E-state index contributed by atoms with van der Waals surface area (Å²) in [5, 5.41) is 2.94. The number of carbonyl (C=O) groups is 1. The Morgan fingerprint density at radius 3 is 2.09 bits per heavy atom. The Kier molecular flexibility index (Phi) is 7.99. The minimum Gasteiger partial charge on any atom is -0.491 e. The molecule has 0 aliphatic heterocycles. The minimum absolute atomic E-state index is 0.184. The summed E-state index contributed by atoms with van der Waals surface area (Å²) in [7, 11) is -3.50. The van der Waals surface area contributed by atoms with Gasteiger partial charge in [-0.3, -0.25) is 9.10 Å². The van der Waals surface area contributed by atoms with Crippen molar-refractivity contribution in [2.75, 3.05) is 17.2 Å². The fourth-order valence-electron chi connectivity index (χ4n) is 3.77. The SMILES string of the molecule is Cc1ccccc1OCC(C)NC(=O)c1ccc(CN(c2c(C)cccc2C)S(C)(=O)=O)cc1. The molecule has 1 N–H and O–H groups in total. The number of hydrogen-bond donors (Lipinski definition) is 1. The van der Waals surface area contributed by atoms with Crippen molar-refractivity contribution in [2.45, 2.75) is 40.3 Å². The molecular formula is C27H32N2O4S. The van der Waals surface area contributed by atoms with E-state index >= 15 is 0 Å². The van der Waals surface area contributed by atoms with Gasteiger partial charge in [-0.25, -0.2) is 8.42 Å². The minimum atomic E-state index is -3.50. The Labute approximate surface area is 202 Å². The van der Waals surface area contributed by atoms with Crippen LogP contribution in [0.1, 0.15) is 39.5 Å². The van der Waals surface area contributed by atoms with Crippen LogP contribution in [0.2, 0.25) is 0 Å². The maximum atomic E-state index is 12.7. The molecule has 0 saturated carbocycles. The summed E-state index contributed by atoms with van der Waals surface area (Å²) in [6.45, 7) is 8.21. The predicted molar refractivity (Wildman–Crippen MR) is 137 cm³/mol. The molecule has 0 aliphatic carbocycles. The van der Waals surface area contributed by atoms with Crippen LogP contribution in [0.25, 0.3) is 0 Å².